The fourth-order valence-corrected chi connectivity index (χ4v) is 2.08. The first-order valence-electron chi connectivity index (χ1n) is 5.37. The quantitative estimate of drug-likeness (QED) is 0.860. The van der Waals surface area contributed by atoms with Crippen LogP contribution in [0.4, 0.5) is 0 Å². The molecular formula is C13H15BrN2O. The van der Waals surface area contributed by atoms with Gasteiger partial charge in [0.15, 0.2) is 0 Å². The van der Waals surface area contributed by atoms with Gasteiger partial charge in [0, 0.05) is 23.6 Å². The first-order valence-corrected chi connectivity index (χ1v) is 6.16. The maximum atomic E-state index is 12.1. The van der Waals surface area contributed by atoms with Crippen molar-refractivity contribution in [3.8, 4) is 6.07 Å². The largest absolute Gasteiger partial charge is 0.340 e. The lowest BCUT2D eigenvalue weighted by atomic mass is 10.1. The number of nitriles is 1. The number of nitrogens with zero attached hydrogens (tertiary/aromatic N) is 2. The van der Waals surface area contributed by atoms with E-state index >= 15 is 0 Å². The van der Waals surface area contributed by atoms with Crippen molar-refractivity contribution in [3.63, 3.8) is 0 Å². The number of hydrogen-bond donors (Lipinski definition) is 0. The summed E-state index contributed by atoms with van der Waals surface area (Å²) in [5.74, 6) is -0.197. The molecule has 1 aromatic rings. The first-order chi connectivity index (χ1) is 7.95. The fraction of sp³-hybridized carbons (Fsp3) is 0.385. The van der Waals surface area contributed by atoms with E-state index in [0.29, 0.717) is 12.1 Å². The SMILES string of the molecule is Cc1cc(Br)ccc1C(=O)N(C)CC(C)C#N. The second kappa shape index (κ2) is 5.83. The van der Waals surface area contributed by atoms with E-state index in [2.05, 4.69) is 22.0 Å². The smallest absolute Gasteiger partial charge is 0.253 e. The third kappa shape index (κ3) is 3.57. The highest BCUT2D eigenvalue weighted by Crippen LogP contribution is 2.17. The van der Waals surface area contributed by atoms with Gasteiger partial charge < -0.3 is 4.90 Å². The van der Waals surface area contributed by atoms with Crippen LogP contribution in [0.5, 0.6) is 0 Å². The zero-order chi connectivity index (χ0) is 13.0. The molecule has 0 fully saturated rings. The summed E-state index contributed by atoms with van der Waals surface area (Å²) in [4.78, 5) is 13.7. The molecule has 1 unspecified atom stereocenters. The van der Waals surface area contributed by atoms with Gasteiger partial charge in [-0.15, -0.1) is 0 Å². The molecule has 0 spiro atoms. The molecule has 0 saturated carbocycles. The number of aryl methyl sites for hydroxylation is 1. The zero-order valence-corrected chi connectivity index (χ0v) is 11.8. The summed E-state index contributed by atoms with van der Waals surface area (Å²) in [6.07, 6.45) is 0. The maximum absolute atomic E-state index is 12.1. The Balaban J connectivity index is 2.86. The molecule has 0 bridgehead atoms. The Bertz CT molecular complexity index is 465. The van der Waals surface area contributed by atoms with E-state index in [0.717, 1.165) is 10.0 Å². The maximum Gasteiger partial charge on any atom is 0.253 e. The van der Waals surface area contributed by atoms with Crippen molar-refractivity contribution >= 4 is 21.8 Å². The van der Waals surface area contributed by atoms with Gasteiger partial charge in [0.2, 0.25) is 0 Å². The van der Waals surface area contributed by atoms with Crippen LogP contribution in [0.1, 0.15) is 22.8 Å². The second-order valence-corrected chi connectivity index (χ2v) is 5.09. The molecule has 1 rings (SSSR count). The van der Waals surface area contributed by atoms with Crippen molar-refractivity contribution < 1.29 is 4.79 Å². The van der Waals surface area contributed by atoms with E-state index in [9.17, 15) is 4.79 Å². The Kier molecular flexibility index (Phi) is 4.71. The van der Waals surface area contributed by atoms with E-state index in [4.69, 9.17) is 5.26 Å². The van der Waals surface area contributed by atoms with Crippen LogP contribution in [0.3, 0.4) is 0 Å². The van der Waals surface area contributed by atoms with Gasteiger partial charge in [-0.25, -0.2) is 0 Å². The summed E-state index contributed by atoms with van der Waals surface area (Å²) >= 11 is 3.37. The summed E-state index contributed by atoms with van der Waals surface area (Å²) in [6.45, 7) is 4.16. The Morgan fingerprint density at radius 2 is 2.24 bits per heavy atom. The highest BCUT2D eigenvalue weighted by atomic mass is 79.9. The summed E-state index contributed by atoms with van der Waals surface area (Å²) in [5, 5.41) is 8.73. The van der Waals surface area contributed by atoms with Crippen LogP contribution in [-0.4, -0.2) is 24.4 Å². The van der Waals surface area contributed by atoms with Crippen LogP contribution < -0.4 is 0 Å². The molecular weight excluding hydrogens is 280 g/mol. The standard InChI is InChI=1S/C13H15BrN2O/c1-9(7-15)8-16(3)13(17)12-5-4-11(14)6-10(12)2/h4-6,9H,8H2,1-3H3. The molecule has 0 aliphatic carbocycles. The molecule has 0 aromatic heterocycles. The fourth-order valence-electron chi connectivity index (χ4n) is 1.61. The van der Waals surface area contributed by atoms with Crippen LogP contribution >= 0.6 is 15.9 Å². The molecule has 1 amide bonds. The van der Waals surface area contributed by atoms with Crippen molar-refractivity contribution in [1.82, 2.24) is 4.90 Å². The van der Waals surface area contributed by atoms with Crippen LogP contribution in [0.15, 0.2) is 22.7 Å². The molecule has 4 heteroatoms. The third-order valence-corrected chi connectivity index (χ3v) is 3.03. The summed E-state index contributed by atoms with van der Waals surface area (Å²) in [7, 11) is 1.72. The number of halogens is 1. The second-order valence-electron chi connectivity index (χ2n) is 4.18. The lowest BCUT2D eigenvalue weighted by Gasteiger charge is -2.19. The molecule has 0 aliphatic rings. The third-order valence-electron chi connectivity index (χ3n) is 2.53. The average molecular weight is 295 g/mol. The lowest BCUT2D eigenvalue weighted by molar-refractivity contribution is 0.0784. The number of carbonyl (C=O) groups excluding carboxylic acids is 1. The van der Waals surface area contributed by atoms with Crippen LogP contribution in [0, 0.1) is 24.2 Å². The van der Waals surface area contributed by atoms with Crippen molar-refractivity contribution in [3.05, 3.63) is 33.8 Å². The van der Waals surface area contributed by atoms with Gasteiger partial charge in [0.25, 0.3) is 5.91 Å². The summed E-state index contributed by atoms with van der Waals surface area (Å²) < 4.78 is 0.958. The Morgan fingerprint density at radius 3 is 2.76 bits per heavy atom. The Hall–Kier alpha value is -1.34. The molecule has 17 heavy (non-hydrogen) atoms. The average Bonchev–Trinajstić information content (AvgIpc) is 2.28. The number of hydrogen-bond acceptors (Lipinski definition) is 2. The van der Waals surface area contributed by atoms with Gasteiger partial charge in [-0.3, -0.25) is 4.79 Å². The number of rotatable bonds is 3. The minimum atomic E-state index is -0.153. The number of carbonyl (C=O) groups is 1. The van der Waals surface area contributed by atoms with Crippen molar-refractivity contribution in [2.75, 3.05) is 13.6 Å². The van der Waals surface area contributed by atoms with Gasteiger partial charge in [-0.05, 0) is 37.6 Å². The first kappa shape index (κ1) is 13.7. The number of amides is 1. The van der Waals surface area contributed by atoms with E-state index in [1.54, 1.807) is 24.9 Å². The molecule has 0 aliphatic heterocycles. The predicted octanol–water partition coefficient (Wildman–Crippen LogP) is 2.99. The summed E-state index contributed by atoms with van der Waals surface area (Å²) in [5.41, 5.74) is 1.61. The van der Waals surface area contributed by atoms with Crippen LogP contribution in [-0.2, 0) is 0 Å². The Labute approximate surface area is 110 Å². The molecule has 0 heterocycles. The molecule has 3 nitrogen and oxygen atoms in total. The van der Waals surface area contributed by atoms with E-state index in [-0.39, 0.29) is 11.8 Å². The van der Waals surface area contributed by atoms with E-state index in [1.165, 1.54) is 0 Å². The minimum Gasteiger partial charge on any atom is -0.340 e. The van der Waals surface area contributed by atoms with Crippen LogP contribution in [0.2, 0.25) is 0 Å². The Morgan fingerprint density at radius 1 is 1.59 bits per heavy atom. The van der Waals surface area contributed by atoms with Crippen LogP contribution in [0.25, 0.3) is 0 Å². The van der Waals surface area contributed by atoms with Gasteiger partial charge in [-0.2, -0.15) is 5.26 Å². The monoisotopic (exact) mass is 294 g/mol. The lowest BCUT2D eigenvalue weighted by Crippen LogP contribution is -2.31. The molecule has 1 aromatic carbocycles. The highest BCUT2D eigenvalue weighted by Gasteiger charge is 2.15. The normalized spacial score (nSPS) is 11.7. The molecule has 0 N–H and O–H groups in total. The van der Waals surface area contributed by atoms with Crippen molar-refractivity contribution in [2.45, 2.75) is 13.8 Å². The molecule has 1 atom stereocenters. The van der Waals surface area contributed by atoms with Gasteiger partial charge in [0.05, 0.1) is 12.0 Å². The number of benzene rings is 1. The highest BCUT2D eigenvalue weighted by molar-refractivity contribution is 9.10. The van der Waals surface area contributed by atoms with Gasteiger partial charge >= 0.3 is 0 Å². The van der Waals surface area contributed by atoms with Crippen molar-refractivity contribution in [1.29, 1.82) is 5.26 Å². The molecule has 90 valence electrons. The van der Waals surface area contributed by atoms with Gasteiger partial charge in [0.1, 0.15) is 0 Å². The predicted molar refractivity (Wildman–Crippen MR) is 70.6 cm³/mol. The molecule has 0 saturated heterocycles. The topological polar surface area (TPSA) is 44.1 Å². The zero-order valence-electron chi connectivity index (χ0n) is 10.2. The summed E-state index contributed by atoms with van der Waals surface area (Å²) in [6, 6.07) is 7.69. The van der Waals surface area contributed by atoms with E-state index < -0.39 is 0 Å². The van der Waals surface area contributed by atoms with Crippen molar-refractivity contribution in [2.24, 2.45) is 5.92 Å². The minimum absolute atomic E-state index is 0.0444. The van der Waals surface area contributed by atoms with E-state index in [1.807, 2.05) is 19.1 Å². The molecule has 0 radical (unpaired) electrons. The van der Waals surface area contributed by atoms with Gasteiger partial charge in [-0.1, -0.05) is 15.9 Å².